The molecule has 1 heterocycles. The lowest BCUT2D eigenvalue weighted by molar-refractivity contribution is 0.171. The van der Waals surface area contributed by atoms with Crippen LogP contribution in [-0.4, -0.2) is 18.0 Å². The zero-order chi connectivity index (χ0) is 10.9. The lowest BCUT2D eigenvalue weighted by Gasteiger charge is -2.21. The van der Waals surface area contributed by atoms with Gasteiger partial charge in [-0.1, -0.05) is 19.9 Å². The summed E-state index contributed by atoms with van der Waals surface area (Å²) in [6.07, 6.45) is 0.923. The van der Waals surface area contributed by atoms with Gasteiger partial charge in [0.2, 0.25) is 0 Å². The van der Waals surface area contributed by atoms with E-state index < -0.39 is 0 Å². The molecule has 3 heteroatoms. The molecule has 2 nitrogen and oxygen atoms in total. The highest BCUT2D eigenvalue weighted by molar-refractivity contribution is 7.81. The van der Waals surface area contributed by atoms with Crippen LogP contribution in [-0.2, 0) is 6.42 Å². The minimum Gasteiger partial charge on any atom is -0.486 e. The molecule has 0 aliphatic carbocycles. The van der Waals surface area contributed by atoms with Crippen molar-refractivity contribution in [1.82, 2.24) is 0 Å². The van der Waals surface area contributed by atoms with Crippen LogP contribution in [0.5, 0.6) is 11.5 Å². The van der Waals surface area contributed by atoms with Gasteiger partial charge in [-0.3, -0.25) is 0 Å². The number of rotatable bonds is 2. The van der Waals surface area contributed by atoms with Gasteiger partial charge in [0.05, 0.1) is 0 Å². The number of benzene rings is 1. The molecule has 0 radical (unpaired) electrons. The fourth-order valence-electron chi connectivity index (χ4n) is 1.70. The summed E-state index contributed by atoms with van der Waals surface area (Å²) >= 11 is 4.52. The van der Waals surface area contributed by atoms with Crippen LogP contribution in [0.1, 0.15) is 19.4 Å². The Balaban J connectivity index is 2.21. The van der Waals surface area contributed by atoms with Gasteiger partial charge in [0, 0.05) is 4.75 Å². The van der Waals surface area contributed by atoms with Gasteiger partial charge in [0.15, 0.2) is 11.5 Å². The van der Waals surface area contributed by atoms with Gasteiger partial charge in [-0.05, 0) is 24.1 Å². The number of ether oxygens (including phenoxy) is 2. The molecule has 82 valence electrons. The van der Waals surface area contributed by atoms with Crippen LogP contribution in [0.2, 0.25) is 0 Å². The fourth-order valence-corrected chi connectivity index (χ4v) is 1.88. The van der Waals surface area contributed by atoms with E-state index in [2.05, 4.69) is 32.5 Å². The highest BCUT2D eigenvalue weighted by Gasteiger charge is 2.16. The van der Waals surface area contributed by atoms with E-state index in [1.807, 2.05) is 12.1 Å². The van der Waals surface area contributed by atoms with Crippen LogP contribution in [0, 0.1) is 0 Å². The van der Waals surface area contributed by atoms with Crippen LogP contribution in [0.4, 0.5) is 0 Å². The smallest absolute Gasteiger partial charge is 0.161 e. The Morgan fingerprint density at radius 3 is 2.53 bits per heavy atom. The molecule has 0 bridgehead atoms. The summed E-state index contributed by atoms with van der Waals surface area (Å²) in [4.78, 5) is 0. The van der Waals surface area contributed by atoms with E-state index in [0.717, 1.165) is 17.9 Å². The highest BCUT2D eigenvalue weighted by atomic mass is 32.1. The van der Waals surface area contributed by atoms with Crippen molar-refractivity contribution < 1.29 is 9.47 Å². The van der Waals surface area contributed by atoms with Crippen LogP contribution in [0.3, 0.4) is 0 Å². The van der Waals surface area contributed by atoms with Crippen molar-refractivity contribution in [2.45, 2.75) is 25.0 Å². The van der Waals surface area contributed by atoms with E-state index in [1.54, 1.807) is 0 Å². The second kappa shape index (κ2) is 3.97. The Kier molecular flexibility index (Phi) is 2.83. The Hall–Kier alpha value is -0.830. The predicted molar refractivity (Wildman–Crippen MR) is 64.2 cm³/mol. The molecule has 0 spiro atoms. The Morgan fingerprint density at radius 1 is 1.20 bits per heavy atom. The van der Waals surface area contributed by atoms with Crippen molar-refractivity contribution >= 4 is 12.6 Å². The zero-order valence-corrected chi connectivity index (χ0v) is 10.0. The molecule has 0 fully saturated rings. The third-order valence-electron chi connectivity index (χ3n) is 2.24. The van der Waals surface area contributed by atoms with E-state index in [9.17, 15) is 0 Å². The van der Waals surface area contributed by atoms with Crippen molar-refractivity contribution in [2.24, 2.45) is 0 Å². The summed E-state index contributed by atoms with van der Waals surface area (Å²) in [7, 11) is 0. The van der Waals surface area contributed by atoms with Crippen LogP contribution < -0.4 is 9.47 Å². The van der Waals surface area contributed by atoms with Gasteiger partial charge in [-0.2, -0.15) is 12.6 Å². The normalized spacial score (nSPS) is 15.1. The van der Waals surface area contributed by atoms with Gasteiger partial charge < -0.3 is 9.47 Å². The minimum absolute atomic E-state index is 0.00373. The maximum atomic E-state index is 5.53. The van der Waals surface area contributed by atoms with Crippen molar-refractivity contribution in [3.05, 3.63) is 23.8 Å². The topological polar surface area (TPSA) is 18.5 Å². The number of hydrogen-bond acceptors (Lipinski definition) is 3. The maximum Gasteiger partial charge on any atom is 0.161 e. The van der Waals surface area contributed by atoms with Crippen molar-refractivity contribution in [3.63, 3.8) is 0 Å². The lowest BCUT2D eigenvalue weighted by atomic mass is 10.0. The number of hydrogen-bond donors (Lipinski definition) is 1. The molecule has 1 aliphatic rings. The molecule has 0 saturated carbocycles. The molecule has 1 aromatic carbocycles. The Morgan fingerprint density at radius 2 is 1.87 bits per heavy atom. The molecule has 0 N–H and O–H groups in total. The average molecular weight is 224 g/mol. The van der Waals surface area contributed by atoms with Crippen LogP contribution in [0.25, 0.3) is 0 Å². The molecule has 0 amide bonds. The summed E-state index contributed by atoms with van der Waals surface area (Å²) in [5, 5.41) is 0. The molecular weight excluding hydrogens is 208 g/mol. The second-order valence-corrected chi connectivity index (χ2v) is 5.68. The first-order chi connectivity index (χ1) is 7.04. The molecule has 2 rings (SSSR count). The minimum atomic E-state index is 0.00373. The van der Waals surface area contributed by atoms with E-state index in [4.69, 9.17) is 9.47 Å². The first kappa shape index (κ1) is 10.7. The molecule has 1 aliphatic heterocycles. The van der Waals surface area contributed by atoms with Crippen LogP contribution >= 0.6 is 12.6 Å². The number of fused-ring (bicyclic) bond motifs is 1. The number of thiol groups is 1. The van der Waals surface area contributed by atoms with E-state index >= 15 is 0 Å². The monoisotopic (exact) mass is 224 g/mol. The maximum absolute atomic E-state index is 5.53. The van der Waals surface area contributed by atoms with Gasteiger partial charge in [-0.15, -0.1) is 0 Å². The lowest BCUT2D eigenvalue weighted by Crippen LogP contribution is -2.17. The molecule has 0 aromatic heterocycles. The summed E-state index contributed by atoms with van der Waals surface area (Å²) in [5.74, 6) is 1.71. The van der Waals surface area contributed by atoms with Gasteiger partial charge in [0.25, 0.3) is 0 Å². The van der Waals surface area contributed by atoms with Crippen molar-refractivity contribution in [1.29, 1.82) is 0 Å². The largest absolute Gasteiger partial charge is 0.486 e. The van der Waals surface area contributed by atoms with E-state index in [0.29, 0.717) is 13.2 Å². The first-order valence-electron chi connectivity index (χ1n) is 5.15. The standard InChI is InChI=1S/C12H16O2S/c1-12(2,15)8-9-3-4-10-11(7-9)14-6-5-13-10/h3-4,7,15H,5-6,8H2,1-2H3. The van der Waals surface area contributed by atoms with Gasteiger partial charge in [-0.25, -0.2) is 0 Å². The van der Waals surface area contributed by atoms with Crippen molar-refractivity contribution in [3.8, 4) is 11.5 Å². The molecular formula is C12H16O2S. The summed E-state index contributed by atoms with van der Waals surface area (Å²) in [6, 6.07) is 6.10. The average Bonchev–Trinajstić information content (AvgIpc) is 2.15. The summed E-state index contributed by atoms with van der Waals surface area (Å²) < 4.78 is 11.0. The van der Waals surface area contributed by atoms with E-state index in [-0.39, 0.29) is 4.75 Å². The molecule has 0 unspecified atom stereocenters. The highest BCUT2D eigenvalue weighted by Crippen LogP contribution is 2.32. The SMILES string of the molecule is CC(C)(S)Cc1ccc2c(c1)OCCO2. The third kappa shape index (κ3) is 2.81. The van der Waals surface area contributed by atoms with Gasteiger partial charge in [0.1, 0.15) is 13.2 Å². The van der Waals surface area contributed by atoms with Crippen LogP contribution in [0.15, 0.2) is 18.2 Å². The second-order valence-electron chi connectivity index (χ2n) is 4.47. The molecule has 0 atom stereocenters. The molecule has 0 saturated heterocycles. The van der Waals surface area contributed by atoms with E-state index in [1.165, 1.54) is 5.56 Å². The fraction of sp³-hybridized carbons (Fsp3) is 0.500. The Bertz CT molecular complexity index is 355. The summed E-state index contributed by atoms with van der Waals surface area (Å²) in [6.45, 7) is 5.49. The Labute approximate surface area is 96.0 Å². The van der Waals surface area contributed by atoms with Crippen molar-refractivity contribution in [2.75, 3.05) is 13.2 Å². The predicted octanol–water partition coefficient (Wildman–Crippen LogP) is 2.71. The quantitative estimate of drug-likeness (QED) is 0.779. The summed E-state index contributed by atoms with van der Waals surface area (Å²) in [5.41, 5.74) is 1.24. The van der Waals surface area contributed by atoms with Gasteiger partial charge >= 0.3 is 0 Å². The third-order valence-corrected chi connectivity index (χ3v) is 2.40. The molecule has 1 aromatic rings. The molecule has 15 heavy (non-hydrogen) atoms. The zero-order valence-electron chi connectivity index (χ0n) is 9.12. The first-order valence-corrected chi connectivity index (χ1v) is 5.60.